The van der Waals surface area contributed by atoms with E-state index in [2.05, 4.69) is 12.2 Å². The number of benzene rings is 1. The first-order valence-electron chi connectivity index (χ1n) is 7.86. The zero-order chi connectivity index (χ0) is 15.4. The van der Waals surface area contributed by atoms with Crippen molar-refractivity contribution in [3.8, 4) is 0 Å². The van der Waals surface area contributed by atoms with Gasteiger partial charge in [0.25, 0.3) is 5.91 Å². The van der Waals surface area contributed by atoms with Crippen LogP contribution >= 0.6 is 0 Å². The lowest BCUT2D eigenvalue weighted by molar-refractivity contribution is 0.0827. The summed E-state index contributed by atoms with van der Waals surface area (Å²) in [4.78, 5) is 13.6. The molecule has 1 unspecified atom stereocenters. The van der Waals surface area contributed by atoms with Crippen LogP contribution in [0.2, 0.25) is 0 Å². The molecule has 1 atom stereocenters. The zero-order valence-electron chi connectivity index (χ0n) is 13.4. The van der Waals surface area contributed by atoms with Gasteiger partial charge in [-0.2, -0.15) is 0 Å². The molecule has 1 saturated carbocycles. The number of carbonyl (C=O) groups excluding carboxylic acids is 1. The third kappa shape index (κ3) is 3.90. The lowest BCUT2D eigenvalue weighted by Gasteiger charge is -2.29. The Balaban J connectivity index is 2.11. The van der Waals surface area contributed by atoms with E-state index in [1.54, 1.807) is 25.1 Å². The Bertz CT molecular complexity index is 493. The molecule has 0 aromatic heterocycles. The monoisotopic (exact) mass is 289 g/mol. The average molecular weight is 289 g/mol. The van der Waals surface area contributed by atoms with Crippen molar-refractivity contribution in [2.45, 2.75) is 45.1 Å². The number of nitrogens with two attached hydrogens (primary N) is 1. The Morgan fingerprint density at radius 3 is 2.57 bits per heavy atom. The molecule has 0 spiro atoms. The van der Waals surface area contributed by atoms with Crippen LogP contribution in [0.3, 0.4) is 0 Å². The Morgan fingerprint density at radius 1 is 1.29 bits per heavy atom. The van der Waals surface area contributed by atoms with Gasteiger partial charge >= 0.3 is 0 Å². The number of carbonyl (C=O) groups is 1. The molecule has 1 fully saturated rings. The fourth-order valence-corrected chi connectivity index (χ4v) is 3.07. The lowest BCUT2D eigenvalue weighted by Crippen LogP contribution is -2.28. The van der Waals surface area contributed by atoms with Gasteiger partial charge in [-0.15, -0.1) is 0 Å². The molecule has 4 nitrogen and oxygen atoms in total. The molecule has 0 heterocycles. The van der Waals surface area contributed by atoms with Gasteiger partial charge in [0.05, 0.1) is 11.4 Å². The van der Waals surface area contributed by atoms with E-state index in [9.17, 15) is 4.79 Å². The summed E-state index contributed by atoms with van der Waals surface area (Å²) in [6, 6.07) is 5.86. The normalized spacial score (nSPS) is 17.3. The highest BCUT2D eigenvalue weighted by atomic mass is 16.2. The number of amides is 1. The molecule has 1 aromatic carbocycles. The first-order chi connectivity index (χ1) is 9.99. The zero-order valence-corrected chi connectivity index (χ0v) is 13.4. The molecule has 1 aromatic rings. The van der Waals surface area contributed by atoms with E-state index in [0.717, 1.165) is 5.69 Å². The largest absolute Gasteiger partial charge is 0.397 e. The van der Waals surface area contributed by atoms with Gasteiger partial charge in [0, 0.05) is 25.7 Å². The topological polar surface area (TPSA) is 58.4 Å². The van der Waals surface area contributed by atoms with Crippen LogP contribution in [0, 0.1) is 5.92 Å². The predicted octanol–water partition coefficient (Wildman–Crippen LogP) is 3.35. The number of nitrogens with one attached hydrogen (secondary N) is 1. The van der Waals surface area contributed by atoms with E-state index in [0.29, 0.717) is 23.2 Å². The summed E-state index contributed by atoms with van der Waals surface area (Å²) >= 11 is 0. The maximum absolute atomic E-state index is 12.1. The van der Waals surface area contributed by atoms with Crippen LogP contribution in [0.25, 0.3) is 0 Å². The van der Waals surface area contributed by atoms with Gasteiger partial charge in [-0.3, -0.25) is 4.79 Å². The first-order valence-corrected chi connectivity index (χ1v) is 7.86. The second-order valence-corrected chi connectivity index (χ2v) is 6.33. The smallest absolute Gasteiger partial charge is 0.253 e. The van der Waals surface area contributed by atoms with Gasteiger partial charge in [-0.25, -0.2) is 0 Å². The second kappa shape index (κ2) is 6.83. The van der Waals surface area contributed by atoms with Gasteiger partial charge in [0.1, 0.15) is 0 Å². The molecular formula is C17H27N3O. The van der Waals surface area contributed by atoms with Crippen molar-refractivity contribution >= 4 is 17.3 Å². The van der Waals surface area contributed by atoms with E-state index >= 15 is 0 Å². The third-order valence-electron chi connectivity index (χ3n) is 4.45. The Kier molecular flexibility index (Phi) is 5.10. The van der Waals surface area contributed by atoms with E-state index in [1.807, 2.05) is 12.1 Å². The third-order valence-corrected chi connectivity index (χ3v) is 4.45. The quantitative estimate of drug-likeness (QED) is 0.836. The van der Waals surface area contributed by atoms with Crippen LogP contribution in [-0.4, -0.2) is 30.9 Å². The molecular weight excluding hydrogens is 262 g/mol. The molecule has 0 radical (unpaired) electrons. The van der Waals surface area contributed by atoms with Gasteiger partial charge < -0.3 is 16.0 Å². The number of anilines is 2. The fourth-order valence-electron chi connectivity index (χ4n) is 3.07. The number of nitrogens with zero attached hydrogens (tertiary/aromatic N) is 1. The number of hydrogen-bond donors (Lipinski definition) is 2. The molecule has 1 aliphatic rings. The van der Waals surface area contributed by atoms with Crippen LogP contribution in [0.15, 0.2) is 18.2 Å². The van der Waals surface area contributed by atoms with Gasteiger partial charge in [0.2, 0.25) is 0 Å². The maximum atomic E-state index is 12.1. The summed E-state index contributed by atoms with van der Waals surface area (Å²) in [6.45, 7) is 2.22. The van der Waals surface area contributed by atoms with Gasteiger partial charge in [-0.05, 0) is 43.9 Å². The lowest BCUT2D eigenvalue weighted by atomic mass is 9.84. The van der Waals surface area contributed by atoms with Crippen molar-refractivity contribution in [2.75, 3.05) is 25.1 Å². The molecule has 1 aliphatic carbocycles. The minimum absolute atomic E-state index is 0.00312. The van der Waals surface area contributed by atoms with E-state index in [1.165, 1.54) is 32.1 Å². The van der Waals surface area contributed by atoms with Crippen molar-refractivity contribution < 1.29 is 4.79 Å². The molecule has 21 heavy (non-hydrogen) atoms. The van der Waals surface area contributed by atoms with E-state index in [-0.39, 0.29) is 5.91 Å². The summed E-state index contributed by atoms with van der Waals surface area (Å²) < 4.78 is 0. The molecule has 0 bridgehead atoms. The van der Waals surface area contributed by atoms with Crippen molar-refractivity contribution in [2.24, 2.45) is 5.92 Å². The molecule has 116 valence electrons. The average Bonchev–Trinajstić information content (AvgIpc) is 2.49. The summed E-state index contributed by atoms with van der Waals surface area (Å²) in [5.41, 5.74) is 8.31. The summed E-state index contributed by atoms with van der Waals surface area (Å²) in [5.74, 6) is 0.703. The van der Waals surface area contributed by atoms with Crippen LogP contribution < -0.4 is 11.1 Å². The predicted molar refractivity (Wildman–Crippen MR) is 88.5 cm³/mol. The Hall–Kier alpha value is -1.71. The SMILES string of the molecule is CC(Nc1cc(C(=O)N(C)C)ccc1N)C1CCCCC1. The van der Waals surface area contributed by atoms with Crippen LogP contribution in [-0.2, 0) is 0 Å². The minimum Gasteiger partial charge on any atom is -0.397 e. The number of nitrogen functional groups attached to an aromatic ring is 1. The Morgan fingerprint density at radius 2 is 1.95 bits per heavy atom. The minimum atomic E-state index is 0.00312. The molecule has 0 aliphatic heterocycles. The highest BCUT2D eigenvalue weighted by molar-refractivity contribution is 5.95. The van der Waals surface area contributed by atoms with E-state index < -0.39 is 0 Å². The summed E-state index contributed by atoms with van der Waals surface area (Å²) in [6.07, 6.45) is 6.57. The first kappa shape index (κ1) is 15.7. The van der Waals surface area contributed by atoms with Crippen LogP contribution in [0.4, 0.5) is 11.4 Å². The van der Waals surface area contributed by atoms with Crippen molar-refractivity contribution in [3.63, 3.8) is 0 Å². The van der Waals surface area contributed by atoms with Crippen LogP contribution in [0.5, 0.6) is 0 Å². The fraction of sp³-hybridized carbons (Fsp3) is 0.588. The van der Waals surface area contributed by atoms with Crippen molar-refractivity contribution in [1.29, 1.82) is 0 Å². The van der Waals surface area contributed by atoms with Crippen LogP contribution in [0.1, 0.15) is 49.4 Å². The Labute approximate surface area is 127 Å². The van der Waals surface area contributed by atoms with Crippen molar-refractivity contribution in [3.05, 3.63) is 23.8 Å². The standard InChI is InChI=1S/C17H27N3O/c1-12(13-7-5-4-6-8-13)19-16-11-14(9-10-15(16)18)17(21)20(2)3/h9-13,19H,4-8,18H2,1-3H3. The van der Waals surface area contributed by atoms with Gasteiger partial charge in [0.15, 0.2) is 0 Å². The highest BCUT2D eigenvalue weighted by Gasteiger charge is 2.21. The molecule has 4 heteroatoms. The number of hydrogen-bond acceptors (Lipinski definition) is 3. The summed E-state index contributed by atoms with van der Waals surface area (Å²) in [7, 11) is 3.52. The maximum Gasteiger partial charge on any atom is 0.253 e. The summed E-state index contributed by atoms with van der Waals surface area (Å²) in [5, 5.41) is 3.52. The molecule has 3 N–H and O–H groups in total. The highest BCUT2D eigenvalue weighted by Crippen LogP contribution is 2.29. The van der Waals surface area contributed by atoms with Gasteiger partial charge in [-0.1, -0.05) is 19.3 Å². The molecule has 1 amide bonds. The van der Waals surface area contributed by atoms with Crippen molar-refractivity contribution in [1.82, 2.24) is 4.90 Å². The second-order valence-electron chi connectivity index (χ2n) is 6.33. The molecule has 2 rings (SSSR count). The van der Waals surface area contributed by atoms with E-state index in [4.69, 9.17) is 5.73 Å². The number of rotatable bonds is 4. The molecule has 0 saturated heterocycles.